The van der Waals surface area contributed by atoms with Crippen molar-refractivity contribution in [2.75, 3.05) is 11.1 Å². The number of nitrogen functional groups attached to an aromatic ring is 1. The topological polar surface area (TPSA) is 63.8 Å². The van der Waals surface area contributed by atoms with Gasteiger partial charge in [0.15, 0.2) is 0 Å². The van der Waals surface area contributed by atoms with E-state index >= 15 is 0 Å². The van der Waals surface area contributed by atoms with Crippen LogP contribution in [-0.2, 0) is 0 Å². The zero-order valence-electron chi connectivity index (χ0n) is 12.2. The summed E-state index contributed by atoms with van der Waals surface area (Å²) < 4.78 is 0. The van der Waals surface area contributed by atoms with Crippen molar-refractivity contribution in [2.24, 2.45) is 5.41 Å². The van der Waals surface area contributed by atoms with Gasteiger partial charge in [-0.3, -0.25) is 0 Å². The number of nitrogens with zero attached hydrogens (tertiary/aromatic N) is 2. The molecular weight excluding hydrogens is 248 g/mol. The summed E-state index contributed by atoms with van der Waals surface area (Å²) in [5.41, 5.74) is 7.19. The van der Waals surface area contributed by atoms with E-state index in [0.29, 0.717) is 17.4 Å². The van der Waals surface area contributed by atoms with Crippen LogP contribution >= 0.6 is 0 Å². The lowest BCUT2D eigenvalue weighted by Crippen LogP contribution is -2.30. The number of aromatic nitrogens is 2. The average molecular weight is 270 g/mol. The molecule has 20 heavy (non-hydrogen) atoms. The molecule has 1 saturated carbocycles. The number of hydrogen-bond donors (Lipinski definition) is 2. The SMILES string of the molecule is CC1(C)CCC(Nc2nc(N)nc3ccccc23)CC1. The smallest absolute Gasteiger partial charge is 0.222 e. The van der Waals surface area contributed by atoms with E-state index in [1.165, 1.54) is 25.7 Å². The first-order chi connectivity index (χ1) is 9.53. The van der Waals surface area contributed by atoms with Crippen molar-refractivity contribution in [3.8, 4) is 0 Å². The van der Waals surface area contributed by atoms with Crippen LogP contribution in [-0.4, -0.2) is 16.0 Å². The monoisotopic (exact) mass is 270 g/mol. The van der Waals surface area contributed by atoms with Crippen molar-refractivity contribution in [1.29, 1.82) is 0 Å². The number of nitrogens with two attached hydrogens (primary N) is 1. The van der Waals surface area contributed by atoms with Crippen molar-refractivity contribution in [2.45, 2.75) is 45.6 Å². The molecule has 3 rings (SSSR count). The van der Waals surface area contributed by atoms with Crippen LogP contribution in [0.2, 0.25) is 0 Å². The fraction of sp³-hybridized carbons (Fsp3) is 0.500. The highest BCUT2D eigenvalue weighted by Gasteiger charge is 2.27. The summed E-state index contributed by atoms with van der Waals surface area (Å²) in [6.45, 7) is 4.70. The molecule has 0 aliphatic heterocycles. The molecule has 1 aliphatic carbocycles. The summed E-state index contributed by atoms with van der Waals surface area (Å²) in [4.78, 5) is 8.67. The second-order valence-electron chi connectivity index (χ2n) is 6.53. The Hall–Kier alpha value is -1.84. The van der Waals surface area contributed by atoms with E-state index in [9.17, 15) is 0 Å². The minimum Gasteiger partial charge on any atom is -0.368 e. The molecule has 3 N–H and O–H groups in total. The summed E-state index contributed by atoms with van der Waals surface area (Å²) >= 11 is 0. The summed E-state index contributed by atoms with van der Waals surface area (Å²) in [6.07, 6.45) is 4.88. The molecular formula is C16H22N4. The molecule has 0 unspecified atom stereocenters. The van der Waals surface area contributed by atoms with Gasteiger partial charge in [-0.1, -0.05) is 26.0 Å². The van der Waals surface area contributed by atoms with E-state index in [0.717, 1.165) is 16.7 Å². The molecule has 1 fully saturated rings. The van der Waals surface area contributed by atoms with Crippen LogP contribution in [0, 0.1) is 5.41 Å². The maximum Gasteiger partial charge on any atom is 0.222 e. The Morgan fingerprint density at radius 1 is 1.15 bits per heavy atom. The third-order valence-electron chi connectivity index (χ3n) is 4.30. The number of fused-ring (bicyclic) bond motifs is 1. The maximum absolute atomic E-state index is 5.81. The van der Waals surface area contributed by atoms with Gasteiger partial charge in [-0.15, -0.1) is 0 Å². The number of hydrogen-bond acceptors (Lipinski definition) is 4. The lowest BCUT2D eigenvalue weighted by atomic mass is 9.75. The van der Waals surface area contributed by atoms with Gasteiger partial charge in [0.1, 0.15) is 5.82 Å². The quantitative estimate of drug-likeness (QED) is 0.875. The van der Waals surface area contributed by atoms with Gasteiger partial charge in [0.2, 0.25) is 5.95 Å². The summed E-state index contributed by atoms with van der Waals surface area (Å²) in [7, 11) is 0. The first-order valence-corrected chi connectivity index (χ1v) is 7.32. The van der Waals surface area contributed by atoms with E-state index < -0.39 is 0 Å². The predicted octanol–water partition coefficient (Wildman–Crippen LogP) is 3.59. The summed E-state index contributed by atoms with van der Waals surface area (Å²) in [6, 6.07) is 8.49. The van der Waals surface area contributed by atoms with Crippen LogP contribution in [0.15, 0.2) is 24.3 Å². The normalized spacial score (nSPS) is 19.1. The van der Waals surface area contributed by atoms with Crippen molar-refractivity contribution in [1.82, 2.24) is 9.97 Å². The lowest BCUT2D eigenvalue weighted by molar-refractivity contribution is 0.232. The number of benzene rings is 1. The molecule has 1 heterocycles. The number of para-hydroxylation sites is 1. The molecule has 0 atom stereocenters. The van der Waals surface area contributed by atoms with Gasteiger partial charge >= 0.3 is 0 Å². The average Bonchev–Trinajstić information content (AvgIpc) is 2.41. The number of anilines is 2. The van der Waals surface area contributed by atoms with Crippen LogP contribution in [0.25, 0.3) is 10.9 Å². The largest absolute Gasteiger partial charge is 0.368 e. The van der Waals surface area contributed by atoms with Crippen LogP contribution in [0.5, 0.6) is 0 Å². The third-order valence-corrected chi connectivity index (χ3v) is 4.30. The fourth-order valence-electron chi connectivity index (χ4n) is 2.94. The van der Waals surface area contributed by atoms with Crippen molar-refractivity contribution >= 4 is 22.7 Å². The number of rotatable bonds is 2. The lowest BCUT2D eigenvalue weighted by Gasteiger charge is -2.35. The van der Waals surface area contributed by atoms with Gasteiger partial charge in [-0.25, -0.2) is 4.98 Å². The summed E-state index contributed by atoms with van der Waals surface area (Å²) in [5, 5.41) is 4.62. The van der Waals surface area contributed by atoms with Gasteiger partial charge in [-0.2, -0.15) is 4.98 Å². The molecule has 0 amide bonds. The Bertz CT molecular complexity index is 611. The van der Waals surface area contributed by atoms with E-state index in [1.807, 2.05) is 24.3 Å². The Morgan fingerprint density at radius 2 is 1.85 bits per heavy atom. The Kier molecular flexibility index (Phi) is 3.24. The van der Waals surface area contributed by atoms with Gasteiger partial charge in [0.25, 0.3) is 0 Å². The molecule has 0 radical (unpaired) electrons. The minimum absolute atomic E-state index is 0.335. The van der Waals surface area contributed by atoms with E-state index in [4.69, 9.17) is 5.73 Å². The van der Waals surface area contributed by atoms with Gasteiger partial charge < -0.3 is 11.1 Å². The molecule has 1 aliphatic rings. The van der Waals surface area contributed by atoms with E-state index in [1.54, 1.807) is 0 Å². The molecule has 4 nitrogen and oxygen atoms in total. The molecule has 1 aromatic carbocycles. The van der Waals surface area contributed by atoms with E-state index in [2.05, 4.69) is 29.1 Å². The zero-order chi connectivity index (χ0) is 14.2. The first kappa shape index (κ1) is 13.2. The van der Waals surface area contributed by atoms with Crippen molar-refractivity contribution < 1.29 is 0 Å². The van der Waals surface area contributed by atoms with E-state index in [-0.39, 0.29) is 0 Å². The first-order valence-electron chi connectivity index (χ1n) is 7.32. The van der Waals surface area contributed by atoms with Crippen LogP contribution in [0.4, 0.5) is 11.8 Å². The molecule has 1 aromatic heterocycles. The Balaban J connectivity index is 1.84. The molecule has 106 valence electrons. The zero-order valence-corrected chi connectivity index (χ0v) is 12.2. The highest BCUT2D eigenvalue weighted by atomic mass is 15.1. The van der Waals surface area contributed by atoms with Gasteiger partial charge in [0.05, 0.1) is 5.52 Å². The highest BCUT2D eigenvalue weighted by Crippen LogP contribution is 2.36. The molecule has 0 saturated heterocycles. The van der Waals surface area contributed by atoms with Crippen LogP contribution in [0.1, 0.15) is 39.5 Å². The second-order valence-corrected chi connectivity index (χ2v) is 6.53. The van der Waals surface area contributed by atoms with Crippen LogP contribution in [0.3, 0.4) is 0 Å². The second kappa shape index (κ2) is 4.93. The standard InChI is InChI=1S/C16H22N4/c1-16(2)9-7-11(8-10-16)18-14-12-5-3-4-6-13(12)19-15(17)20-14/h3-6,11H,7-10H2,1-2H3,(H3,17,18,19,20). The molecule has 0 bridgehead atoms. The maximum atomic E-state index is 5.81. The van der Waals surface area contributed by atoms with Crippen molar-refractivity contribution in [3.05, 3.63) is 24.3 Å². The predicted molar refractivity (Wildman–Crippen MR) is 83.6 cm³/mol. The van der Waals surface area contributed by atoms with Crippen LogP contribution < -0.4 is 11.1 Å². The van der Waals surface area contributed by atoms with Crippen molar-refractivity contribution in [3.63, 3.8) is 0 Å². The molecule has 4 heteroatoms. The number of nitrogens with one attached hydrogen (secondary N) is 1. The van der Waals surface area contributed by atoms with Gasteiger partial charge in [0, 0.05) is 11.4 Å². The molecule has 2 aromatic rings. The fourth-order valence-corrected chi connectivity index (χ4v) is 2.94. The molecule has 0 spiro atoms. The summed E-state index contributed by atoms with van der Waals surface area (Å²) in [5.74, 6) is 1.21. The highest BCUT2D eigenvalue weighted by molar-refractivity contribution is 5.89. The van der Waals surface area contributed by atoms with Gasteiger partial charge in [-0.05, 0) is 43.2 Å². The minimum atomic E-state index is 0.335. The Labute approximate surface area is 119 Å². The Morgan fingerprint density at radius 3 is 2.60 bits per heavy atom. The third kappa shape index (κ3) is 2.69.